The Morgan fingerprint density at radius 3 is 2.64 bits per heavy atom. The smallest absolute Gasteiger partial charge is 0.248 e. The van der Waals surface area contributed by atoms with Crippen molar-refractivity contribution in [3.05, 3.63) is 94.5 Å². The number of amides is 1. The van der Waals surface area contributed by atoms with Crippen molar-refractivity contribution in [2.75, 3.05) is 0 Å². The lowest BCUT2D eigenvalue weighted by Gasteiger charge is -2.07. The van der Waals surface area contributed by atoms with Crippen molar-refractivity contribution >= 4 is 27.5 Å². The van der Waals surface area contributed by atoms with E-state index in [1.54, 1.807) is 11.3 Å². The number of para-hydroxylation sites is 1. The zero-order valence-corrected chi connectivity index (χ0v) is 16.5. The van der Waals surface area contributed by atoms with Crippen molar-refractivity contribution in [2.45, 2.75) is 26.3 Å². The summed E-state index contributed by atoms with van der Waals surface area (Å²) in [7, 11) is 0. The number of pyridine rings is 1. The number of aryl methyl sites for hydroxylation is 2. The van der Waals surface area contributed by atoms with Crippen LogP contribution in [-0.2, 0) is 17.8 Å². The zero-order valence-electron chi connectivity index (χ0n) is 15.7. The molecule has 2 heterocycles. The molecule has 28 heavy (non-hydrogen) atoms. The fraction of sp³-hybridized carbons (Fsp3) is 0.174. The lowest BCUT2D eigenvalue weighted by molar-refractivity contribution is -0.118. The van der Waals surface area contributed by atoms with Crippen molar-refractivity contribution in [3.8, 4) is 0 Å². The average molecular weight is 388 g/mol. The highest BCUT2D eigenvalue weighted by Crippen LogP contribution is 2.22. The average Bonchev–Trinajstić information content (AvgIpc) is 3.13. The minimum atomic E-state index is -0.122. The third-order valence-electron chi connectivity index (χ3n) is 4.52. The summed E-state index contributed by atoms with van der Waals surface area (Å²) in [6, 6.07) is 22.2. The predicted molar refractivity (Wildman–Crippen MR) is 113 cm³/mol. The van der Waals surface area contributed by atoms with Gasteiger partial charge in [0, 0.05) is 25.6 Å². The number of thiazole rings is 1. The van der Waals surface area contributed by atoms with E-state index >= 15 is 0 Å². The molecule has 0 saturated carbocycles. The molecular formula is C23H21N3OS. The van der Waals surface area contributed by atoms with Crippen LogP contribution in [0, 0.1) is 6.92 Å². The molecule has 4 nitrogen and oxygen atoms in total. The SMILES string of the molecule is Cc1ccc(Cn2ccccc2=NC(=O)CCc2nc3ccccc3s2)cc1. The first kappa shape index (κ1) is 18.3. The maximum Gasteiger partial charge on any atom is 0.248 e. The molecule has 0 unspecified atom stereocenters. The second kappa shape index (κ2) is 8.31. The standard InChI is InChI=1S/C23H21N3OS/c1-17-9-11-18(12-10-17)16-26-15-5-4-8-21(26)25-22(27)13-14-23-24-19-6-2-3-7-20(19)28-23/h2-12,15H,13-14,16H2,1H3. The highest BCUT2D eigenvalue weighted by Gasteiger charge is 2.07. The molecule has 0 aliphatic heterocycles. The van der Waals surface area contributed by atoms with Crippen LogP contribution >= 0.6 is 11.3 Å². The summed E-state index contributed by atoms with van der Waals surface area (Å²) in [6.07, 6.45) is 2.94. The molecule has 2 aromatic heterocycles. The molecule has 1 amide bonds. The Morgan fingerprint density at radius 2 is 1.82 bits per heavy atom. The molecule has 0 radical (unpaired) electrons. The van der Waals surface area contributed by atoms with Gasteiger partial charge in [0.25, 0.3) is 0 Å². The number of carbonyl (C=O) groups is 1. The number of carbonyl (C=O) groups excluding carboxylic acids is 1. The van der Waals surface area contributed by atoms with Gasteiger partial charge in [-0.3, -0.25) is 4.79 Å². The van der Waals surface area contributed by atoms with Gasteiger partial charge in [0.2, 0.25) is 5.91 Å². The van der Waals surface area contributed by atoms with Gasteiger partial charge in [-0.1, -0.05) is 48.0 Å². The van der Waals surface area contributed by atoms with Crippen LogP contribution in [0.25, 0.3) is 10.2 Å². The lowest BCUT2D eigenvalue weighted by Crippen LogP contribution is -2.22. The molecule has 4 aromatic rings. The number of hydrogen-bond donors (Lipinski definition) is 0. The van der Waals surface area contributed by atoms with Gasteiger partial charge in [-0.15, -0.1) is 11.3 Å². The van der Waals surface area contributed by atoms with Gasteiger partial charge in [-0.2, -0.15) is 4.99 Å². The van der Waals surface area contributed by atoms with Crippen LogP contribution in [0.15, 0.2) is 77.9 Å². The Kier molecular flexibility index (Phi) is 5.44. The van der Waals surface area contributed by atoms with Crippen LogP contribution in [0.2, 0.25) is 0 Å². The Balaban J connectivity index is 1.48. The van der Waals surface area contributed by atoms with Crippen molar-refractivity contribution in [2.24, 2.45) is 4.99 Å². The monoisotopic (exact) mass is 387 g/mol. The van der Waals surface area contributed by atoms with Gasteiger partial charge in [0.1, 0.15) is 5.49 Å². The van der Waals surface area contributed by atoms with Crippen LogP contribution in [0.3, 0.4) is 0 Å². The minimum Gasteiger partial charge on any atom is -0.329 e. The Labute approximate surface area is 167 Å². The highest BCUT2D eigenvalue weighted by atomic mass is 32.1. The summed E-state index contributed by atoms with van der Waals surface area (Å²) in [6.45, 7) is 2.76. The Morgan fingerprint density at radius 1 is 1.04 bits per heavy atom. The Hall–Kier alpha value is -3.05. The van der Waals surface area contributed by atoms with E-state index in [0.717, 1.165) is 15.2 Å². The van der Waals surface area contributed by atoms with Crippen LogP contribution in [-0.4, -0.2) is 15.5 Å². The van der Waals surface area contributed by atoms with E-state index in [0.29, 0.717) is 24.9 Å². The molecule has 0 spiro atoms. The van der Waals surface area contributed by atoms with Crippen LogP contribution in [0.1, 0.15) is 22.6 Å². The molecule has 2 aromatic carbocycles. The molecular weight excluding hydrogens is 366 g/mol. The second-order valence-corrected chi connectivity index (χ2v) is 7.87. The predicted octanol–water partition coefficient (Wildman–Crippen LogP) is 4.51. The second-order valence-electron chi connectivity index (χ2n) is 6.75. The largest absolute Gasteiger partial charge is 0.329 e. The summed E-state index contributed by atoms with van der Waals surface area (Å²) in [5.41, 5.74) is 4.08. The number of aromatic nitrogens is 2. The summed E-state index contributed by atoms with van der Waals surface area (Å²) in [5.74, 6) is -0.122. The fourth-order valence-electron chi connectivity index (χ4n) is 3.02. The third-order valence-corrected chi connectivity index (χ3v) is 5.62. The van der Waals surface area contributed by atoms with Gasteiger partial charge in [0.05, 0.1) is 15.2 Å². The summed E-state index contributed by atoms with van der Waals surface area (Å²) in [5, 5.41) is 0.977. The number of benzene rings is 2. The van der Waals surface area contributed by atoms with Crippen molar-refractivity contribution in [1.29, 1.82) is 0 Å². The van der Waals surface area contributed by atoms with Crippen LogP contribution < -0.4 is 5.49 Å². The molecule has 0 fully saturated rings. The first-order chi connectivity index (χ1) is 13.7. The van der Waals surface area contributed by atoms with Crippen LogP contribution in [0.5, 0.6) is 0 Å². The van der Waals surface area contributed by atoms with Crippen LogP contribution in [0.4, 0.5) is 0 Å². The van der Waals surface area contributed by atoms with Gasteiger partial charge in [-0.25, -0.2) is 4.98 Å². The zero-order chi connectivity index (χ0) is 19.3. The lowest BCUT2D eigenvalue weighted by atomic mass is 10.1. The molecule has 140 valence electrons. The van der Waals surface area contributed by atoms with E-state index < -0.39 is 0 Å². The minimum absolute atomic E-state index is 0.122. The molecule has 0 saturated heterocycles. The first-order valence-corrected chi connectivity index (χ1v) is 10.1. The first-order valence-electron chi connectivity index (χ1n) is 9.30. The maximum absolute atomic E-state index is 12.4. The van der Waals surface area contributed by atoms with Gasteiger partial charge in [0.15, 0.2) is 0 Å². The van der Waals surface area contributed by atoms with E-state index in [1.807, 2.05) is 47.2 Å². The molecule has 0 aliphatic carbocycles. The molecule has 0 aliphatic rings. The number of rotatable bonds is 5. The number of nitrogens with zero attached hydrogens (tertiary/aromatic N) is 3. The van der Waals surface area contributed by atoms with Crippen molar-refractivity contribution < 1.29 is 4.79 Å². The molecule has 4 rings (SSSR count). The third kappa shape index (κ3) is 4.43. The maximum atomic E-state index is 12.4. The molecule has 5 heteroatoms. The fourth-order valence-corrected chi connectivity index (χ4v) is 3.98. The van der Waals surface area contributed by atoms with Crippen molar-refractivity contribution in [1.82, 2.24) is 9.55 Å². The highest BCUT2D eigenvalue weighted by molar-refractivity contribution is 7.18. The quantitative estimate of drug-likeness (QED) is 0.506. The number of hydrogen-bond acceptors (Lipinski definition) is 3. The molecule has 0 N–H and O–H groups in total. The van der Waals surface area contributed by atoms with E-state index in [4.69, 9.17) is 0 Å². The van der Waals surface area contributed by atoms with Crippen molar-refractivity contribution in [3.63, 3.8) is 0 Å². The van der Waals surface area contributed by atoms with Gasteiger partial charge < -0.3 is 4.57 Å². The van der Waals surface area contributed by atoms with Gasteiger partial charge in [-0.05, 0) is 36.8 Å². The van der Waals surface area contributed by atoms with E-state index in [-0.39, 0.29) is 5.91 Å². The number of fused-ring (bicyclic) bond motifs is 1. The topological polar surface area (TPSA) is 47.2 Å². The molecule has 0 bridgehead atoms. The summed E-state index contributed by atoms with van der Waals surface area (Å²) in [4.78, 5) is 21.4. The van der Waals surface area contributed by atoms with E-state index in [1.165, 1.54) is 11.1 Å². The van der Waals surface area contributed by atoms with Gasteiger partial charge >= 0.3 is 0 Å². The molecule has 0 atom stereocenters. The van der Waals surface area contributed by atoms with E-state index in [9.17, 15) is 4.79 Å². The normalized spacial score (nSPS) is 11.8. The summed E-state index contributed by atoms with van der Waals surface area (Å²) >= 11 is 1.64. The van der Waals surface area contributed by atoms with E-state index in [2.05, 4.69) is 47.2 Å². The Bertz CT molecular complexity index is 1140. The summed E-state index contributed by atoms with van der Waals surface area (Å²) < 4.78 is 3.15.